The predicted molar refractivity (Wildman–Crippen MR) is 66.8 cm³/mol. The zero-order valence-corrected chi connectivity index (χ0v) is 11.1. The van der Waals surface area contributed by atoms with Crippen LogP contribution in [0.2, 0.25) is 0 Å². The van der Waals surface area contributed by atoms with Crippen molar-refractivity contribution in [2.75, 3.05) is 0 Å². The summed E-state index contributed by atoms with van der Waals surface area (Å²) in [5.74, 6) is 0. The molecule has 3 N–H and O–H groups in total. The summed E-state index contributed by atoms with van der Waals surface area (Å²) < 4.78 is 6.70. The highest BCUT2D eigenvalue weighted by atomic mass is 16.6. The smallest absolute Gasteiger partial charge is 0.330 e. The fourth-order valence-corrected chi connectivity index (χ4v) is 2.47. The third-order valence-electron chi connectivity index (χ3n) is 3.65. The first kappa shape index (κ1) is 14.0. The Morgan fingerprint density at radius 1 is 1.47 bits per heavy atom. The van der Waals surface area contributed by atoms with E-state index in [-0.39, 0.29) is 6.42 Å². The largest absolute Gasteiger partial charge is 0.387 e. The summed E-state index contributed by atoms with van der Waals surface area (Å²) in [6, 6.07) is 1.17. The number of aromatic nitrogens is 2. The average molecular weight is 270 g/mol. The number of hydrogen-bond acceptors (Lipinski definition) is 5. The minimum absolute atomic E-state index is 0.202. The van der Waals surface area contributed by atoms with Crippen molar-refractivity contribution in [3.8, 4) is 0 Å². The quantitative estimate of drug-likeness (QED) is 0.662. The Kier molecular flexibility index (Phi) is 3.16. The maximum atomic E-state index is 11.8. The summed E-state index contributed by atoms with van der Waals surface area (Å²) >= 11 is 0. The molecule has 0 aliphatic carbocycles. The maximum absolute atomic E-state index is 11.8. The van der Waals surface area contributed by atoms with Gasteiger partial charge in [0.25, 0.3) is 5.56 Å². The standard InChI is InChI=1S/C12H18N2O5/c1-4-12(18)8(16)11(2,3)19-9(12)14-6-5-7(15)13-10(14)17/h5-6,8-9,16,18H,4H2,1-3H3,(H,13,15,17). The summed E-state index contributed by atoms with van der Waals surface area (Å²) in [6.45, 7) is 4.96. The van der Waals surface area contributed by atoms with Crippen LogP contribution in [0.4, 0.5) is 0 Å². The number of rotatable bonds is 2. The molecule has 1 aromatic heterocycles. The Bertz CT molecular complexity index is 590. The van der Waals surface area contributed by atoms with Crippen molar-refractivity contribution >= 4 is 0 Å². The monoisotopic (exact) mass is 270 g/mol. The number of nitrogens with zero attached hydrogens (tertiary/aromatic N) is 1. The van der Waals surface area contributed by atoms with Gasteiger partial charge in [-0.3, -0.25) is 14.3 Å². The first-order chi connectivity index (χ1) is 8.72. The molecule has 0 saturated carbocycles. The molecule has 1 aromatic rings. The van der Waals surface area contributed by atoms with Crippen molar-refractivity contribution < 1.29 is 14.9 Å². The second-order valence-electron chi connectivity index (χ2n) is 5.34. The molecule has 106 valence electrons. The Morgan fingerprint density at radius 2 is 2.11 bits per heavy atom. The predicted octanol–water partition coefficient (Wildman–Crippen LogP) is -0.654. The molecule has 0 bridgehead atoms. The lowest BCUT2D eigenvalue weighted by Gasteiger charge is -2.31. The van der Waals surface area contributed by atoms with Crippen LogP contribution >= 0.6 is 0 Å². The number of aliphatic hydroxyl groups excluding tert-OH is 1. The summed E-state index contributed by atoms with van der Waals surface area (Å²) in [7, 11) is 0. The van der Waals surface area contributed by atoms with Crippen molar-refractivity contribution in [1.82, 2.24) is 9.55 Å². The van der Waals surface area contributed by atoms with Gasteiger partial charge in [-0.25, -0.2) is 4.79 Å². The van der Waals surface area contributed by atoms with Crippen LogP contribution < -0.4 is 11.2 Å². The number of H-pyrrole nitrogens is 1. The zero-order chi connectivity index (χ0) is 14.4. The van der Waals surface area contributed by atoms with E-state index < -0.39 is 34.8 Å². The molecular formula is C12H18N2O5. The lowest BCUT2D eigenvalue weighted by atomic mass is 9.86. The van der Waals surface area contributed by atoms with Gasteiger partial charge in [0, 0.05) is 12.3 Å². The Balaban J connectivity index is 2.55. The van der Waals surface area contributed by atoms with Gasteiger partial charge in [0.05, 0.1) is 5.60 Å². The van der Waals surface area contributed by atoms with Crippen molar-refractivity contribution in [3.63, 3.8) is 0 Å². The van der Waals surface area contributed by atoms with Crippen molar-refractivity contribution in [2.45, 2.75) is 50.7 Å². The molecule has 19 heavy (non-hydrogen) atoms. The van der Waals surface area contributed by atoms with Crippen LogP contribution in [0.5, 0.6) is 0 Å². The maximum Gasteiger partial charge on any atom is 0.330 e. The topological polar surface area (TPSA) is 105 Å². The molecule has 1 aliphatic heterocycles. The van der Waals surface area contributed by atoms with E-state index in [1.54, 1.807) is 20.8 Å². The highest BCUT2D eigenvalue weighted by Gasteiger charge is 2.59. The second-order valence-corrected chi connectivity index (χ2v) is 5.34. The molecule has 7 nitrogen and oxygen atoms in total. The van der Waals surface area contributed by atoms with Crippen LogP contribution in [-0.4, -0.2) is 37.1 Å². The van der Waals surface area contributed by atoms with Gasteiger partial charge in [-0.1, -0.05) is 6.92 Å². The molecular weight excluding hydrogens is 252 g/mol. The van der Waals surface area contributed by atoms with E-state index in [0.717, 1.165) is 4.57 Å². The molecule has 1 saturated heterocycles. The molecule has 1 fully saturated rings. The summed E-state index contributed by atoms with van der Waals surface area (Å²) in [4.78, 5) is 24.9. The number of hydrogen-bond donors (Lipinski definition) is 3. The third-order valence-corrected chi connectivity index (χ3v) is 3.65. The zero-order valence-electron chi connectivity index (χ0n) is 11.1. The van der Waals surface area contributed by atoms with Gasteiger partial charge in [0.1, 0.15) is 11.7 Å². The molecule has 3 unspecified atom stereocenters. The van der Waals surface area contributed by atoms with E-state index >= 15 is 0 Å². The van der Waals surface area contributed by atoms with E-state index in [4.69, 9.17) is 4.74 Å². The van der Waals surface area contributed by atoms with Crippen molar-refractivity contribution in [2.24, 2.45) is 0 Å². The highest BCUT2D eigenvalue weighted by Crippen LogP contribution is 2.45. The molecule has 0 spiro atoms. The van der Waals surface area contributed by atoms with Crippen LogP contribution in [0.25, 0.3) is 0 Å². The van der Waals surface area contributed by atoms with Gasteiger partial charge in [-0.15, -0.1) is 0 Å². The van der Waals surface area contributed by atoms with E-state index in [0.29, 0.717) is 0 Å². The third kappa shape index (κ3) is 2.03. The van der Waals surface area contributed by atoms with Crippen LogP contribution in [0.15, 0.2) is 21.9 Å². The molecule has 0 radical (unpaired) electrons. The number of aromatic amines is 1. The average Bonchev–Trinajstić information content (AvgIpc) is 2.51. The van der Waals surface area contributed by atoms with E-state index in [2.05, 4.69) is 4.98 Å². The molecule has 0 aromatic carbocycles. The Hall–Kier alpha value is -1.44. The minimum atomic E-state index is -1.59. The Labute approximate surface area is 109 Å². The molecule has 1 aliphatic rings. The van der Waals surface area contributed by atoms with Gasteiger partial charge in [-0.05, 0) is 20.3 Å². The summed E-state index contributed by atoms with van der Waals surface area (Å²) in [5.41, 5.74) is -3.80. The fraction of sp³-hybridized carbons (Fsp3) is 0.667. The van der Waals surface area contributed by atoms with Crippen molar-refractivity contribution in [3.05, 3.63) is 33.1 Å². The summed E-state index contributed by atoms with van der Waals surface area (Å²) in [6.07, 6.45) is -0.741. The van der Waals surface area contributed by atoms with Crippen LogP contribution in [0.1, 0.15) is 33.4 Å². The highest BCUT2D eigenvalue weighted by molar-refractivity contribution is 5.06. The van der Waals surface area contributed by atoms with Gasteiger partial charge >= 0.3 is 5.69 Å². The molecule has 0 amide bonds. The van der Waals surface area contributed by atoms with Crippen molar-refractivity contribution in [1.29, 1.82) is 0 Å². The van der Waals surface area contributed by atoms with Crippen LogP contribution in [-0.2, 0) is 4.74 Å². The van der Waals surface area contributed by atoms with E-state index in [9.17, 15) is 19.8 Å². The number of nitrogens with one attached hydrogen (secondary N) is 1. The molecule has 3 atom stereocenters. The van der Waals surface area contributed by atoms with Gasteiger partial charge in [0.2, 0.25) is 0 Å². The minimum Gasteiger partial charge on any atom is -0.387 e. The van der Waals surface area contributed by atoms with Crippen LogP contribution in [0, 0.1) is 0 Å². The number of aliphatic hydroxyl groups is 2. The summed E-state index contributed by atoms with van der Waals surface area (Å²) in [5, 5.41) is 20.8. The number of ether oxygens (including phenoxy) is 1. The SMILES string of the molecule is CCC1(O)C(n2ccc(=O)[nH]c2=O)OC(C)(C)C1O. The normalized spacial score (nSPS) is 33.5. The van der Waals surface area contributed by atoms with Crippen LogP contribution in [0.3, 0.4) is 0 Å². The molecule has 2 heterocycles. The molecule has 2 rings (SSSR count). The van der Waals surface area contributed by atoms with Gasteiger partial charge in [-0.2, -0.15) is 0 Å². The first-order valence-corrected chi connectivity index (χ1v) is 6.12. The fourth-order valence-electron chi connectivity index (χ4n) is 2.47. The second kappa shape index (κ2) is 4.29. The lowest BCUT2D eigenvalue weighted by molar-refractivity contribution is -0.115. The molecule has 7 heteroatoms. The first-order valence-electron chi connectivity index (χ1n) is 6.12. The van der Waals surface area contributed by atoms with Gasteiger partial charge < -0.3 is 14.9 Å². The lowest BCUT2D eigenvalue weighted by Crippen LogP contribution is -2.50. The van der Waals surface area contributed by atoms with E-state index in [1.807, 2.05) is 0 Å². The van der Waals surface area contributed by atoms with Gasteiger partial charge in [0.15, 0.2) is 6.23 Å². The Morgan fingerprint density at radius 3 is 2.63 bits per heavy atom. The van der Waals surface area contributed by atoms with E-state index in [1.165, 1.54) is 12.3 Å².